The zero-order valence-corrected chi connectivity index (χ0v) is 14.1. The second-order valence-corrected chi connectivity index (χ2v) is 6.32. The van der Waals surface area contributed by atoms with Crippen molar-refractivity contribution in [3.05, 3.63) is 71.0 Å². The SMILES string of the molecule is CC1Cc2cccc(F)c2N2[N]N(c3ccc(C(F)(F)F)cc3)C(O)=C12.O. The van der Waals surface area contributed by atoms with Gasteiger partial charge in [0.2, 0.25) is 5.88 Å². The van der Waals surface area contributed by atoms with Crippen LogP contribution in [0, 0.1) is 11.7 Å². The highest BCUT2D eigenvalue weighted by molar-refractivity contribution is 5.67. The molecule has 2 aromatic carbocycles. The first-order valence-corrected chi connectivity index (χ1v) is 7.97. The van der Waals surface area contributed by atoms with Crippen LogP contribution >= 0.6 is 0 Å². The Morgan fingerprint density at radius 1 is 1.07 bits per heavy atom. The highest BCUT2D eigenvalue weighted by Gasteiger charge is 2.41. The molecule has 3 N–H and O–H groups in total. The summed E-state index contributed by atoms with van der Waals surface area (Å²) in [5.41, 5.74) is 5.11. The van der Waals surface area contributed by atoms with Gasteiger partial charge in [0.15, 0.2) is 0 Å². The van der Waals surface area contributed by atoms with Gasteiger partial charge in [-0.15, -0.1) is 0 Å². The Morgan fingerprint density at radius 3 is 2.37 bits per heavy atom. The molecule has 0 spiro atoms. The second kappa shape index (κ2) is 6.43. The standard InChI is InChI=1S/C18H14F4N3O.H2O/c1-10-9-11-3-2-4-14(19)16(11)25-15(10)17(26)24(23-25)13-7-5-12(6-8-13)18(20,21)22;/h2-8,10,26H,9H2,1H3;1H2. The Labute approximate surface area is 152 Å². The molecule has 27 heavy (non-hydrogen) atoms. The molecule has 2 aliphatic rings. The molecule has 9 heteroatoms. The highest BCUT2D eigenvalue weighted by Crippen LogP contribution is 2.42. The van der Waals surface area contributed by atoms with Crippen LogP contribution in [0.2, 0.25) is 0 Å². The van der Waals surface area contributed by atoms with Gasteiger partial charge in [0.25, 0.3) is 0 Å². The van der Waals surface area contributed by atoms with E-state index in [0.29, 0.717) is 12.1 Å². The van der Waals surface area contributed by atoms with E-state index in [4.69, 9.17) is 0 Å². The average Bonchev–Trinajstić information content (AvgIpc) is 2.92. The quantitative estimate of drug-likeness (QED) is 0.765. The van der Waals surface area contributed by atoms with Gasteiger partial charge in [-0.25, -0.2) is 14.4 Å². The molecule has 0 aromatic heterocycles. The Balaban J connectivity index is 0.00000210. The lowest BCUT2D eigenvalue weighted by atomic mass is 9.92. The van der Waals surface area contributed by atoms with Crippen molar-refractivity contribution >= 4 is 11.4 Å². The fourth-order valence-corrected chi connectivity index (χ4v) is 3.33. The molecule has 0 fully saturated rings. The first kappa shape index (κ1) is 19.0. The molecular formula is C18H16F4N3O2. The minimum absolute atomic E-state index is 0. The molecule has 1 radical (unpaired) electrons. The fraction of sp³-hybridized carbons (Fsp3) is 0.222. The van der Waals surface area contributed by atoms with Gasteiger partial charge >= 0.3 is 6.18 Å². The maximum atomic E-state index is 14.3. The fourth-order valence-electron chi connectivity index (χ4n) is 3.33. The lowest BCUT2D eigenvalue weighted by molar-refractivity contribution is -0.137. The van der Waals surface area contributed by atoms with E-state index in [-0.39, 0.29) is 28.7 Å². The van der Waals surface area contributed by atoms with E-state index in [2.05, 4.69) is 5.53 Å². The zero-order valence-electron chi connectivity index (χ0n) is 14.1. The zero-order chi connectivity index (χ0) is 18.6. The molecular weight excluding hydrogens is 366 g/mol. The summed E-state index contributed by atoms with van der Waals surface area (Å²) >= 11 is 0. The van der Waals surface area contributed by atoms with Gasteiger partial charge in [0.05, 0.1) is 11.3 Å². The third-order valence-corrected chi connectivity index (χ3v) is 4.55. The number of aliphatic hydroxyl groups excluding tert-OH is 1. The van der Waals surface area contributed by atoms with Crippen molar-refractivity contribution in [2.75, 3.05) is 10.0 Å². The van der Waals surface area contributed by atoms with Gasteiger partial charge in [-0.3, -0.25) is 0 Å². The maximum Gasteiger partial charge on any atom is 0.416 e. The van der Waals surface area contributed by atoms with Gasteiger partial charge in [0.1, 0.15) is 17.2 Å². The molecule has 2 aliphatic heterocycles. The summed E-state index contributed by atoms with van der Waals surface area (Å²) < 4.78 is 52.5. The molecule has 2 aromatic rings. The summed E-state index contributed by atoms with van der Waals surface area (Å²) in [5.74, 6) is -0.823. The number of aliphatic hydroxyl groups is 1. The van der Waals surface area contributed by atoms with Crippen LogP contribution in [0.15, 0.2) is 54.0 Å². The van der Waals surface area contributed by atoms with Crippen LogP contribution in [0.1, 0.15) is 18.1 Å². The highest BCUT2D eigenvalue weighted by atomic mass is 19.4. The smallest absolute Gasteiger partial charge is 0.416 e. The van der Waals surface area contributed by atoms with Crippen molar-refractivity contribution in [2.45, 2.75) is 19.5 Å². The second-order valence-electron chi connectivity index (χ2n) is 6.32. The van der Waals surface area contributed by atoms with Crippen molar-refractivity contribution in [3.8, 4) is 0 Å². The van der Waals surface area contributed by atoms with E-state index in [1.807, 2.05) is 6.92 Å². The lowest BCUT2D eigenvalue weighted by Gasteiger charge is -2.31. The molecule has 1 atom stereocenters. The molecule has 4 rings (SSSR count). The number of hydrogen-bond donors (Lipinski definition) is 1. The van der Waals surface area contributed by atoms with Crippen molar-refractivity contribution in [2.24, 2.45) is 5.92 Å². The summed E-state index contributed by atoms with van der Waals surface area (Å²) in [6.45, 7) is 1.87. The molecule has 2 heterocycles. The number of hydrogen-bond acceptors (Lipinski definition) is 3. The van der Waals surface area contributed by atoms with Crippen molar-refractivity contribution in [1.82, 2.24) is 5.53 Å². The normalized spacial score (nSPS) is 18.9. The van der Waals surface area contributed by atoms with E-state index in [0.717, 1.165) is 22.7 Å². The van der Waals surface area contributed by atoms with E-state index in [1.165, 1.54) is 23.2 Å². The summed E-state index contributed by atoms with van der Waals surface area (Å²) in [4.78, 5) is 0. The number of rotatable bonds is 1. The van der Waals surface area contributed by atoms with E-state index >= 15 is 0 Å². The maximum absolute atomic E-state index is 14.3. The predicted molar refractivity (Wildman–Crippen MR) is 91.1 cm³/mol. The number of para-hydroxylation sites is 1. The first-order valence-electron chi connectivity index (χ1n) is 7.97. The van der Waals surface area contributed by atoms with Crippen LogP contribution in [-0.2, 0) is 12.6 Å². The van der Waals surface area contributed by atoms with Crippen LogP contribution in [0.5, 0.6) is 0 Å². The first-order chi connectivity index (χ1) is 12.3. The number of allylic oxidation sites excluding steroid dienone is 1. The summed E-state index contributed by atoms with van der Waals surface area (Å²) in [6, 6.07) is 8.97. The van der Waals surface area contributed by atoms with Crippen molar-refractivity contribution < 1.29 is 28.1 Å². The van der Waals surface area contributed by atoms with Gasteiger partial charge in [-0.1, -0.05) is 19.1 Å². The van der Waals surface area contributed by atoms with E-state index < -0.39 is 17.6 Å². The molecule has 0 bridgehead atoms. The monoisotopic (exact) mass is 382 g/mol. The Bertz CT molecular complexity index is 896. The van der Waals surface area contributed by atoms with Gasteiger partial charge in [0, 0.05) is 5.92 Å². The largest absolute Gasteiger partial charge is 0.492 e. The summed E-state index contributed by atoms with van der Waals surface area (Å²) in [6.07, 6.45) is -3.92. The molecule has 0 amide bonds. The Kier molecular flexibility index (Phi) is 4.52. The summed E-state index contributed by atoms with van der Waals surface area (Å²) in [5, 5.41) is 13.0. The number of fused-ring (bicyclic) bond motifs is 3. The number of nitrogens with zero attached hydrogens (tertiary/aromatic N) is 3. The average molecular weight is 382 g/mol. The van der Waals surface area contributed by atoms with Crippen LogP contribution in [0.25, 0.3) is 0 Å². The van der Waals surface area contributed by atoms with Crippen LogP contribution < -0.4 is 15.6 Å². The van der Waals surface area contributed by atoms with Crippen molar-refractivity contribution in [3.63, 3.8) is 0 Å². The minimum atomic E-state index is -4.45. The Morgan fingerprint density at radius 2 is 1.74 bits per heavy atom. The molecule has 0 saturated carbocycles. The van der Waals surface area contributed by atoms with E-state index in [9.17, 15) is 22.7 Å². The molecule has 0 aliphatic carbocycles. The number of anilines is 2. The summed E-state index contributed by atoms with van der Waals surface area (Å²) in [7, 11) is 0. The van der Waals surface area contributed by atoms with Crippen LogP contribution in [0.4, 0.5) is 28.9 Å². The van der Waals surface area contributed by atoms with Crippen LogP contribution in [0.3, 0.4) is 0 Å². The van der Waals surface area contributed by atoms with Gasteiger partial charge < -0.3 is 10.6 Å². The molecule has 5 nitrogen and oxygen atoms in total. The minimum Gasteiger partial charge on any atom is -0.492 e. The number of halogens is 4. The predicted octanol–water partition coefficient (Wildman–Crippen LogP) is 3.70. The molecule has 143 valence electrons. The number of benzene rings is 2. The van der Waals surface area contributed by atoms with Gasteiger partial charge in [-0.05, 0) is 47.9 Å². The van der Waals surface area contributed by atoms with Crippen LogP contribution in [-0.4, -0.2) is 10.6 Å². The third-order valence-electron chi connectivity index (χ3n) is 4.55. The number of alkyl halides is 3. The van der Waals surface area contributed by atoms with Crippen molar-refractivity contribution in [1.29, 1.82) is 0 Å². The third kappa shape index (κ3) is 2.98. The topological polar surface area (TPSA) is 72.3 Å². The lowest BCUT2D eigenvalue weighted by Crippen LogP contribution is -2.38. The van der Waals surface area contributed by atoms with Gasteiger partial charge in [-0.2, -0.15) is 13.2 Å². The Hall–Kier alpha value is -2.78. The molecule has 1 unspecified atom stereocenters. The molecule has 0 saturated heterocycles. The van der Waals surface area contributed by atoms with E-state index in [1.54, 1.807) is 12.1 Å².